The van der Waals surface area contributed by atoms with Crippen LogP contribution in [-0.2, 0) is 0 Å². The van der Waals surface area contributed by atoms with E-state index in [4.69, 9.17) is 5.73 Å². The molecule has 0 amide bonds. The first-order valence-electron chi connectivity index (χ1n) is 5.18. The first-order valence-corrected chi connectivity index (χ1v) is 5.18. The fourth-order valence-electron chi connectivity index (χ4n) is 1.33. The Morgan fingerprint density at radius 1 is 1.37 bits per heavy atom. The third-order valence-corrected chi connectivity index (χ3v) is 2.21. The molecule has 1 aromatic carbocycles. The fraction of sp³-hybridized carbons (Fsp3) is 0.333. The highest BCUT2D eigenvalue weighted by molar-refractivity contribution is 5.85. The Hall–Kier alpha value is -1.27. The number of benzene rings is 1. The molecule has 7 heteroatoms. The summed E-state index contributed by atoms with van der Waals surface area (Å²) in [6, 6.07) is 4.95. The Morgan fingerprint density at radius 3 is 2.53 bits per heavy atom. The van der Waals surface area contributed by atoms with E-state index in [9.17, 15) is 17.6 Å². The summed E-state index contributed by atoms with van der Waals surface area (Å²) in [5, 5.41) is 0. The third-order valence-electron chi connectivity index (χ3n) is 2.21. The second-order valence-electron chi connectivity index (χ2n) is 3.67. The van der Waals surface area contributed by atoms with E-state index in [-0.39, 0.29) is 18.2 Å². The minimum atomic E-state index is -4.51. The molecule has 0 aliphatic rings. The van der Waals surface area contributed by atoms with E-state index >= 15 is 0 Å². The first-order chi connectivity index (χ1) is 8.36. The van der Waals surface area contributed by atoms with Crippen LogP contribution in [0, 0.1) is 0 Å². The Labute approximate surface area is 114 Å². The van der Waals surface area contributed by atoms with Gasteiger partial charge < -0.3 is 10.5 Å². The van der Waals surface area contributed by atoms with Gasteiger partial charge >= 0.3 is 12.5 Å². The molecule has 0 saturated heterocycles. The van der Waals surface area contributed by atoms with Gasteiger partial charge in [0.25, 0.3) is 0 Å². The number of hydrogen-bond donors (Lipinski definition) is 1. The molecule has 0 aliphatic carbocycles. The average Bonchev–Trinajstić information content (AvgIpc) is 2.29. The van der Waals surface area contributed by atoms with Crippen molar-refractivity contribution in [3.05, 3.63) is 42.5 Å². The Bertz CT molecular complexity index is 414. The van der Waals surface area contributed by atoms with Gasteiger partial charge in [-0.1, -0.05) is 18.2 Å². The van der Waals surface area contributed by atoms with E-state index in [2.05, 4.69) is 11.3 Å². The van der Waals surface area contributed by atoms with Crippen LogP contribution in [0.5, 0.6) is 5.75 Å². The molecule has 0 radical (unpaired) electrons. The lowest BCUT2D eigenvalue weighted by molar-refractivity contribution is -0.253. The number of alkyl halides is 4. The molecule has 1 atom stereocenters. The largest absolute Gasteiger partial charge is 0.461 e. The highest BCUT2D eigenvalue weighted by Gasteiger charge is 2.43. The van der Waals surface area contributed by atoms with E-state index < -0.39 is 18.6 Å². The van der Waals surface area contributed by atoms with Crippen LogP contribution < -0.4 is 10.5 Å². The molecule has 1 aromatic rings. The molecular formula is C12H14ClF4NO. The van der Waals surface area contributed by atoms with Crippen LogP contribution in [0.15, 0.2) is 36.9 Å². The van der Waals surface area contributed by atoms with Gasteiger partial charge in [0.15, 0.2) is 0 Å². The van der Waals surface area contributed by atoms with Crippen molar-refractivity contribution in [2.75, 3.05) is 0 Å². The van der Waals surface area contributed by atoms with Crippen LogP contribution in [0.4, 0.5) is 17.6 Å². The topological polar surface area (TPSA) is 35.2 Å². The lowest BCUT2D eigenvalue weighted by atomic mass is 10.0. The van der Waals surface area contributed by atoms with Gasteiger partial charge in [-0.25, -0.2) is 0 Å². The second-order valence-corrected chi connectivity index (χ2v) is 3.67. The van der Waals surface area contributed by atoms with Crippen molar-refractivity contribution in [1.29, 1.82) is 0 Å². The molecule has 108 valence electrons. The first kappa shape index (κ1) is 17.7. The van der Waals surface area contributed by atoms with Crippen molar-refractivity contribution in [3.8, 4) is 5.75 Å². The summed E-state index contributed by atoms with van der Waals surface area (Å²) < 4.78 is 53.3. The van der Waals surface area contributed by atoms with Gasteiger partial charge in [0.2, 0.25) is 0 Å². The summed E-state index contributed by atoms with van der Waals surface area (Å²) >= 11 is 0. The van der Waals surface area contributed by atoms with E-state index in [1.54, 1.807) is 12.1 Å². The smallest absolute Gasteiger partial charge is 0.428 e. The normalized spacial score (nSPS) is 12.7. The van der Waals surface area contributed by atoms with Gasteiger partial charge in [0.1, 0.15) is 5.75 Å². The molecular weight excluding hydrogens is 286 g/mol. The highest BCUT2D eigenvalue weighted by atomic mass is 35.5. The predicted octanol–water partition coefficient (Wildman–Crippen LogP) is 3.92. The summed E-state index contributed by atoms with van der Waals surface area (Å²) in [7, 11) is 0. The van der Waals surface area contributed by atoms with E-state index in [0.29, 0.717) is 12.0 Å². The monoisotopic (exact) mass is 299 g/mol. The van der Waals surface area contributed by atoms with Gasteiger partial charge in [0.05, 0.1) is 0 Å². The molecule has 19 heavy (non-hydrogen) atoms. The minimum Gasteiger partial charge on any atom is -0.428 e. The summed E-state index contributed by atoms with van der Waals surface area (Å²) in [6.45, 7) is 3.50. The Morgan fingerprint density at radius 2 is 2.00 bits per heavy atom. The number of nitrogens with two attached hydrogens (primary N) is 1. The number of hydrogen-bond acceptors (Lipinski definition) is 2. The standard InChI is InChI=1S/C12H13F4NO.ClH/c1-2-4-10(17)8-5-3-6-9(7-8)18-12(15,16)11(13)14;/h2-3,5-7,10-11H,1,4,17H2;1H/t10-;/m0./s1. The van der Waals surface area contributed by atoms with Gasteiger partial charge in [-0.05, 0) is 24.1 Å². The van der Waals surface area contributed by atoms with Crippen molar-refractivity contribution in [2.45, 2.75) is 25.0 Å². The maximum absolute atomic E-state index is 12.7. The maximum atomic E-state index is 12.7. The van der Waals surface area contributed by atoms with Gasteiger partial charge in [0, 0.05) is 6.04 Å². The maximum Gasteiger partial charge on any atom is 0.461 e. The number of rotatable bonds is 6. The summed E-state index contributed by atoms with van der Waals surface area (Å²) in [6.07, 6.45) is -6.38. The van der Waals surface area contributed by atoms with Crippen LogP contribution in [0.2, 0.25) is 0 Å². The minimum absolute atomic E-state index is 0. The number of ether oxygens (including phenoxy) is 1. The lowest BCUT2D eigenvalue weighted by Gasteiger charge is -2.18. The van der Waals surface area contributed by atoms with E-state index in [0.717, 1.165) is 0 Å². The van der Waals surface area contributed by atoms with Gasteiger partial charge in [-0.2, -0.15) is 17.6 Å². The van der Waals surface area contributed by atoms with Crippen LogP contribution in [0.3, 0.4) is 0 Å². The summed E-state index contributed by atoms with van der Waals surface area (Å²) in [5.74, 6) is -0.350. The van der Waals surface area contributed by atoms with Crippen LogP contribution in [0.25, 0.3) is 0 Å². The zero-order chi connectivity index (χ0) is 13.8. The quantitative estimate of drug-likeness (QED) is 0.638. The molecule has 0 aliphatic heterocycles. The van der Waals surface area contributed by atoms with Crippen LogP contribution in [0.1, 0.15) is 18.0 Å². The second kappa shape index (κ2) is 7.35. The SMILES string of the molecule is C=CC[C@H](N)c1cccc(OC(F)(F)C(F)F)c1.Cl. The predicted molar refractivity (Wildman–Crippen MR) is 67.0 cm³/mol. The number of halogens is 5. The Balaban J connectivity index is 0.00000324. The highest BCUT2D eigenvalue weighted by Crippen LogP contribution is 2.29. The molecule has 0 heterocycles. The van der Waals surface area contributed by atoms with Crippen molar-refractivity contribution in [3.63, 3.8) is 0 Å². The fourth-order valence-corrected chi connectivity index (χ4v) is 1.33. The van der Waals surface area contributed by atoms with Gasteiger partial charge in [-0.15, -0.1) is 19.0 Å². The molecule has 1 rings (SSSR count). The van der Waals surface area contributed by atoms with E-state index in [1.165, 1.54) is 18.2 Å². The summed E-state index contributed by atoms with van der Waals surface area (Å²) in [5.41, 5.74) is 6.25. The zero-order valence-electron chi connectivity index (χ0n) is 9.86. The molecule has 2 nitrogen and oxygen atoms in total. The van der Waals surface area contributed by atoms with Crippen molar-refractivity contribution in [1.82, 2.24) is 0 Å². The van der Waals surface area contributed by atoms with Crippen molar-refractivity contribution >= 4 is 12.4 Å². The third kappa shape index (κ3) is 5.08. The zero-order valence-corrected chi connectivity index (χ0v) is 10.7. The van der Waals surface area contributed by atoms with Crippen LogP contribution in [-0.4, -0.2) is 12.5 Å². The van der Waals surface area contributed by atoms with E-state index in [1.807, 2.05) is 0 Å². The molecule has 2 N–H and O–H groups in total. The Kier molecular flexibility index (Phi) is 6.86. The lowest BCUT2D eigenvalue weighted by Crippen LogP contribution is -2.33. The van der Waals surface area contributed by atoms with Crippen LogP contribution >= 0.6 is 12.4 Å². The molecule has 0 aromatic heterocycles. The molecule has 0 fully saturated rings. The van der Waals surface area contributed by atoms with Gasteiger partial charge in [-0.3, -0.25) is 0 Å². The molecule has 0 bridgehead atoms. The molecule has 0 saturated carbocycles. The van der Waals surface area contributed by atoms with Crippen molar-refractivity contribution < 1.29 is 22.3 Å². The average molecular weight is 300 g/mol. The summed E-state index contributed by atoms with van der Waals surface area (Å²) in [4.78, 5) is 0. The molecule has 0 unspecified atom stereocenters. The molecule has 0 spiro atoms. The van der Waals surface area contributed by atoms with Crippen molar-refractivity contribution in [2.24, 2.45) is 5.73 Å².